The normalized spacial score (nSPS) is 18.8. The zero-order chi connectivity index (χ0) is 18.3. The number of carbonyl (C=O) groups is 1. The zero-order valence-electron chi connectivity index (χ0n) is 15.1. The minimum Gasteiger partial charge on any atom is -0.459 e. The molecule has 1 aromatic rings. The van der Waals surface area contributed by atoms with Crippen molar-refractivity contribution in [1.82, 2.24) is 16.0 Å². The number of sulfone groups is 1. The molecule has 148 valence electrons. The maximum atomic E-state index is 11.9. The van der Waals surface area contributed by atoms with E-state index >= 15 is 0 Å². The van der Waals surface area contributed by atoms with Gasteiger partial charge in [0.1, 0.15) is 0 Å². The van der Waals surface area contributed by atoms with E-state index in [1.807, 2.05) is 13.8 Å². The molecule has 1 amide bonds. The van der Waals surface area contributed by atoms with Gasteiger partial charge in [0.2, 0.25) is 0 Å². The highest BCUT2D eigenvalue weighted by molar-refractivity contribution is 14.0. The molecule has 1 aliphatic heterocycles. The first-order chi connectivity index (χ1) is 11.9. The van der Waals surface area contributed by atoms with Crippen LogP contribution in [0.1, 0.15) is 35.9 Å². The number of guanidine groups is 1. The number of nitrogens with zero attached hydrogens (tertiary/aromatic N) is 1. The molecular formula is C16H27IN4O4S. The van der Waals surface area contributed by atoms with E-state index in [1.54, 1.807) is 6.07 Å². The fourth-order valence-corrected chi connectivity index (χ4v) is 4.25. The van der Waals surface area contributed by atoms with Crippen LogP contribution in [0.5, 0.6) is 0 Å². The van der Waals surface area contributed by atoms with Gasteiger partial charge in [0.25, 0.3) is 5.91 Å². The summed E-state index contributed by atoms with van der Waals surface area (Å²) in [6.07, 6.45) is 2.77. The lowest BCUT2D eigenvalue weighted by molar-refractivity contribution is 0.0925. The Hall–Kier alpha value is -1.30. The largest absolute Gasteiger partial charge is 0.459 e. The average Bonchev–Trinajstić information content (AvgIpc) is 3.12. The summed E-state index contributed by atoms with van der Waals surface area (Å²) in [4.78, 5) is 16.3. The van der Waals surface area contributed by atoms with Crippen LogP contribution in [-0.4, -0.2) is 57.5 Å². The van der Waals surface area contributed by atoms with Crippen molar-refractivity contribution in [2.24, 2.45) is 4.99 Å². The fourth-order valence-electron chi connectivity index (χ4n) is 2.58. The quantitative estimate of drug-likeness (QED) is 0.225. The molecule has 10 heteroatoms. The number of rotatable bonds is 7. The van der Waals surface area contributed by atoms with Crippen LogP contribution >= 0.6 is 24.0 Å². The number of aliphatic imine (C=N–C) groups is 1. The van der Waals surface area contributed by atoms with Crippen LogP contribution in [0.3, 0.4) is 0 Å². The number of amides is 1. The molecule has 1 unspecified atom stereocenters. The highest BCUT2D eigenvalue weighted by atomic mass is 127. The number of carbonyl (C=O) groups excluding carboxylic acids is 1. The fraction of sp³-hybridized carbons (Fsp3) is 0.625. The van der Waals surface area contributed by atoms with Gasteiger partial charge in [-0.3, -0.25) is 9.79 Å². The summed E-state index contributed by atoms with van der Waals surface area (Å²) in [6.45, 7) is 5.47. The summed E-state index contributed by atoms with van der Waals surface area (Å²) >= 11 is 0. The molecule has 1 aliphatic rings. The molecule has 0 bridgehead atoms. The number of hydrogen-bond acceptors (Lipinski definition) is 5. The highest BCUT2D eigenvalue weighted by Crippen LogP contribution is 2.11. The Morgan fingerprint density at radius 1 is 1.38 bits per heavy atom. The van der Waals surface area contributed by atoms with Crippen LogP contribution in [0.4, 0.5) is 0 Å². The number of nitrogens with one attached hydrogen (secondary N) is 3. The molecule has 2 heterocycles. The van der Waals surface area contributed by atoms with E-state index < -0.39 is 9.84 Å². The highest BCUT2D eigenvalue weighted by Gasteiger charge is 2.28. The second kappa shape index (κ2) is 10.8. The van der Waals surface area contributed by atoms with Crippen LogP contribution in [0.15, 0.2) is 21.7 Å². The Bertz CT molecular complexity index is 718. The van der Waals surface area contributed by atoms with Gasteiger partial charge < -0.3 is 20.4 Å². The molecule has 0 radical (unpaired) electrons. The lowest BCUT2D eigenvalue weighted by Crippen LogP contribution is -2.44. The lowest BCUT2D eigenvalue weighted by Gasteiger charge is -2.15. The van der Waals surface area contributed by atoms with Gasteiger partial charge in [0, 0.05) is 31.2 Å². The third-order valence-corrected chi connectivity index (χ3v) is 5.64. The van der Waals surface area contributed by atoms with Crippen molar-refractivity contribution in [2.75, 3.05) is 31.1 Å². The zero-order valence-corrected chi connectivity index (χ0v) is 18.2. The molecule has 0 aliphatic carbocycles. The molecule has 1 saturated heterocycles. The van der Waals surface area contributed by atoms with Gasteiger partial charge in [0.05, 0.1) is 17.8 Å². The second-order valence-corrected chi connectivity index (χ2v) is 8.28. The molecule has 3 N–H and O–H groups in total. The minimum absolute atomic E-state index is 0. The molecule has 26 heavy (non-hydrogen) atoms. The van der Waals surface area contributed by atoms with Crippen molar-refractivity contribution >= 4 is 45.7 Å². The number of furan rings is 1. The van der Waals surface area contributed by atoms with Gasteiger partial charge in [-0.25, -0.2) is 8.42 Å². The smallest absolute Gasteiger partial charge is 0.287 e. The molecule has 0 spiro atoms. The van der Waals surface area contributed by atoms with Gasteiger partial charge in [-0.2, -0.15) is 0 Å². The summed E-state index contributed by atoms with van der Waals surface area (Å²) in [5.74, 6) is 1.09. The van der Waals surface area contributed by atoms with E-state index in [9.17, 15) is 13.2 Å². The third-order valence-electron chi connectivity index (χ3n) is 3.88. The summed E-state index contributed by atoms with van der Waals surface area (Å²) in [5, 5.41) is 9.06. The van der Waals surface area contributed by atoms with E-state index in [4.69, 9.17) is 4.42 Å². The Balaban J connectivity index is 0.00000338. The van der Waals surface area contributed by atoms with E-state index in [0.29, 0.717) is 44.2 Å². The van der Waals surface area contributed by atoms with Crippen LogP contribution in [0.2, 0.25) is 0 Å². The first-order valence-electron chi connectivity index (χ1n) is 8.49. The molecular weight excluding hydrogens is 471 g/mol. The SMILES string of the molecule is CCNC(=NCCCNC(=O)c1occc1C)NC1CCS(=O)(=O)C1.I. The Morgan fingerprint density at radius 2 is 2.15 bits per heavy atom. The van der Waals surface area contributed by atoms with Crippen molar-refractivity contribution in [2.45, 2.75) is 32.7 Å². The monoisotopic (exact) mass is 498 g/mol. The van der Waals surface area contributed by atoms with E-state index in [1.165, 1.54) is 6.26 Å². The molecule has 2 rings (SSSR count). The van der Waals surface area contributed by atoms with Crippen LogP contribution in [0.25, 0.3) is 0 Å². The topological polar surface area (TPSA) is 113 Å². The van der Waals surface area contributed by atoms with Crippen LogP contribution < -0.4 is 16.0 Å². The summed E-state index contributed by atoms with van der Waals surface area (Å²) < 4.78 is 28.2. The Kier molecular flexibility index (Phi) is 9.41. The van der Waals surface area contributed by atoms with Crippen molar-refractivity contribution < 1.29 is 17.6 Å². The summed E-state index contributed by atoms with van der Waals surface area (Å²) in [5.41, 5.74) is 0.806. The molecule has 1 fully saturated rings. The Labute approximate surface area is 171 Å². The first-order valence-corrected chi connectivity index (χ1v) is 10.3. The minimum atomic E-state index is -2.92. The summed E-state index contributed by atoms with van der Waals surface area (Å²) in [7, 11) is -2.92. The standard InChI is InChI=1S/C16H26N4O4S.HI/c1-3-17-16(20-13-6-10-25(22,23)11-13)19-8-4-7-18-15(21)14-12(2)5-9-24-14;/h5,9,13H,3-4,6-8,10-11H2,1-2H3,(H,18,21)(H2,17,19,20);1H. The number of halogens is 1. The Morgan fingerprint density at radius 3 is 2.73 bits per heavy atom. The number of aryl methyl sites for hydroxylation is 1. The first kappa shape index (κ1) is 22.7. The van der Waals surface area contributed by atoms with Gasteiger partial charge in [-0.05, 0) is 32.8 Å². The molecule has 0 aromatic carbocycles. The van der Waals surface area contributed by atoms with Gasteiger partial charge in [0.15, 0.2) is 21.6 Å². The molecule has 1 atom stereocenters. The van der Waals surface area contributed by atoms with Crippen molar-refractivity contribution in [3.63, 3.8) is 0 Å². The molecule has 1 aromatic heterocycles. The maximum absolute atomic E-state index is 11.9. The lowest BCUT2D eigenvalue weighted by atomic mass is 10.2. The van der Waals surface area contributed by atoms with E-state index in [2.05, 4.69) is 20.9 Å². The second-order valence-electron chi connectivity index (χ2n) is 6.05. The van der Waals surface area contributed by atoms with Crippen LogP contribution in [0, 0.1) is 6.92 Å². The van der Waals surface area contributed by atoms with Crippen LogP contribution in [-0.2, 0) is 9.84 Å². The van der Waals surface area contributed by atoms with Gasteiger partial charge in [-0.1, -0.05) is 0 Å². The molecule has 8 nitrogen and oxygen atoms in total. The maximum Gasteiger partial charge on any atom is 0.287 e. The number of hydrogen-bond donors (Lipinski definition) is 3. The van der Waals surface area contributed by atoms with Gasteiger partial charge in [-0.15, -0.1) is 24.0 Å². The van der Waals surface area contributed by atoms with Gasteiger partial charge >= 0.3 is 0 Å². The average molecular weight is 498 g/mol. The van der Waals surface area contributed by atoms with Crippen molar-refractivity contribution in [3.05, 3.63) is 23.7 Å². The third kappa shape index (κ3) is 7.14. The van der Waals surface area contributed by atoms with E-state index in [0.717, 1.165) is 5.56 Å². The molecule has 0 saturated carbocycles. The predicted octanol–water partition coefficient (Wildman–Crippen LogP) is 1.07. The van der Waals surface area contributed by atoms with E-state index in [-0.39, 0.29) is 47.4 Å². The van der Waals surface area contributed by atoms with Crippen molar-refractivity contribution in [1.29, 1.82) is 0 Å². The summed E-state index contributed by atoms with van der Waals surface area (Å²) in [6, 6.07) is 1.65. The van der Waals surface area contributed by atoms with Crippen molar-refractivity contribution in [3.8, 4) is 0 Å². The predicted molar refractivity (Wildman–Crippen MR) is 112 cm³/mol.